The molecule has 25 heavy (non-hydrogen) atoms. The van der Waals surface area contributed by atoms with Crippen molar-refractivity contribution in [2.75, 3.05) is 5.32 Å². The van der Waals surface area contributed by atoms with Crippen LogP contribution < -0.4 is 5.32 Å². The Morgan fingerprint density at radius 3 is 2.48 bits per heavy atom. The van der Waals surface area contributed by atoms with E-state index in [1.165, 1.54) is 17.4 Å². The number of nitrogens with zero attached hydrogens (tertiary/aromatic N) is 1. The Bertz CT molecular complexity index is 919. The highest BCUT2D eigenvalue weighted by atomic mass is 32.1. The number of nitrogens with one attached hydrogen (secondary N) is 1. The summed E-state index contributed by atoms with van der Waals surface area (Å²) in [5, 5.41) is 12.5. The van der Waals surface area contributed by atoms with Gasteiger partial charge in [0.15, 0.2) is 5.13 Å². The SMILES string of the molecule is Cc1sc(NC(=O)Cc2ccccc2C(=O)O)nc1-c1ccccc1. The second-order valence-corrected chi connectivity index (χ2v) is 6.68. The zero-order valence-electron chi connectivity index (χ0n) is 13.5. The summed E-state index contributed by atoms with van der Waals surface area (Å²) in [6.07, 6.45) is -0.0121. The first-order valence-corrected chi connectivity index (χ1v) is 8.50. The van der Waals surface area contributed by atoms with Gasteiger partial charge in [-0.15, -0.1) is 11.3 Å². The summed E-state index contributed by atoms with van der Waals surface area (Å²) in [4.78, 5) is 29.0. The van der Waals surface area contributed by atoms with Crippen molar-refractivity contribution in [1.82, 2.24) is 4.98 Å². The Balaban J connectivity index is 1.75. The van der Waals surface area contributed by atoms with E-state index in [1.807, 2.05) is 37.3 Å². The lowest BCUT2D eigenvalue weighted by atomic mass is 10.0. The molecular formula is C19H16N2O3S. The van der Waals surface area contributed by atoms with Crippen LogP contribution >= 0.6 is 11.3 Å². The Kier molecular flexibility index (Phi) is 4.90. The minimum Gasteiger partial charge on any atom is -0.478 e. The summed E-state index contributed by atoms with van der Waals surface area (Å²) in [7, 11) is 0. The second kappa shape index (κ2) is 7.27. The van der Waals surface area contributed by atoms with Crippen molar-refractivity contribution in [3.63, 3.8) is 0 Å². The maximum Gasteiger partial charge on any atom is 0.335 e. The molecule has 1 amide bonds. The molecule has 3 rings (SSSR count). The van der Waals surface area contributed by atoms with Crippen LogP contribution in [0.15, 0.2) is 54.6 Å². The van der Waals surface area contributed by atoms with Gasteiger partial charge in [0.1, 0.15) is 0 Å². The second-order valence-electron chi connectivity index (χ2n) is 5.48. The van der Waals surface area contributed by atoms with Crippen LogP contribution in [0.2, 0.25) is 0 Å². The minimum atomic E-state index is -1.04. The summed E-state index contributed by atoms with van der Waals surface area (Å²) in [6, 6.07) is 16.3. The fraction of sp³-hybridized carbons (Fsp3) is 0.105. The van der Waals surface area contributed by atoms with Crippen LogP contribution in [0.25, 0.3) is 11.3 Å². The number of thiazole rings is 1. The fourth-order valence-electron chi connectivity index (χ4n) is 2.53. The molecule has 1 aromatic heterocycles. The van der Waals surface area contributed by atoms with Gasteiger partial charge in [-0.3, -0.25) is 4.79 Å². The molecular weight excluding hydrogens is 336 g/mol. The number of aromatic carboxylic acids is 1. The minimum absolute atomic E-state index is 0.0121. The largest absolute Gasteiger partial charge is 0.478 e. The predicted octanol–water partition coefficient (Wildman–Crippen LogP) is 4.00. The molecule has 0 saturated carbocycles. The van der Waals surface area contributed by atoms with E-state index in [0.717, 1.165) is 16.1 Å². The van der Waals surface area contributed by atoms with Gasteiger partial charge in [-0.2, -0.15) is 0 Å². The van der Waals surface area contributed by atoms with Gasteiger partial charge in [0.2, 0.25) is 5.91 Å². The van der Waals surface area contributed by atoms with E-state index in [1.54, 1.807) is 18.2 Å². The summed E-state index contributed by atoms with van der Waals surface area (Å²) in [5.41, 5.74) is 2.45. The monoisotopic (exact) mass is 352 g/mol. The van der Waals surface area contributed by atoms with Gasteiger partial charge in [0.05, 0.1) is 17.7 Å². The van der Waals surface area contributed by atoms with E-state index in [0.29, 0.717) is 10.7 Å². The van der Waals surface area contributed by atoms with E-state index >= 15 is 0 Å². The number of hydrogen-bond donors (Lipinski definition) is 2. The van der Waals surface area contributed by atoms with Crippen molar-refractivity contribution >= 4 is 28.3 Å². The van der Waals surface area contributed by atoms with Crippen LogP contribution in [0.3, 0.4) is 0 Å². The molecule has 6 heteroatoms. The first-order valence-electron chi connectivity index (χ1n) is 7.68. The van der Waals surface area contributed by atoms with Gasteiger partial charge in [-0.05, 0) is 18.6 Å². The van der Waals surface area contributed by atoms with Crippen LogP contribution in [-0.2, 0) is 11.2 Å². The Hall–Kier alpha value is -2.99. The Morgan fingerprint density at radius 1 is 1.08 bits per heavy atom. The maximum atomic E-state index is 12.3. The number of aromatic nitrogens is 1. The van der Waals surface area contributed by atoms with E-state index in [-0.39, 0.29) is 17.9 Å². The Labute approximate surface area is 149 Å². The lowest BCUT2D eigenvalue weighted by Gasteiger charge is -2.05. The number of aryl methyl sites for hydroxylation is 1. The average molecular weight is 352 g/mol. The number of carboxylic acids is 1. The molecule has 0 aliphatic rings. The number of amides is 1. The van der Waals surface area contributed by atoms with Gasteiger partial charge in [-0.1, -0.05) is 48.5 Å². The van der Waals surface area contributed by atoms with E-state index in [9.17, 15) is 14.7 Å². The Morgan fingerprint density at radius 2 is 1.76 bits per heavy atom. The highest BCUT2D eigenvalue weighted by Gasteiger charge is 2.15. The molecule has 126 valence electrons. The topological polar surface area (TPSA) is 79.3 Å². The molecule has 0 unspecified atom stereocenters. The van der Waals surface area contributed by atoms with Crippen molar-refractivity contribution in [2.45, 2.75) is 13.3 Å². The van der Waals surface area contributed by atoms with Crippen LogP contribution in [-0.4, -0.2) is 22.0 Å². The highest BCUT2D eigenvalue weighted by Crippen LogP contribution is 2.30. The number of rotatable bonds is 5. The number of anilines is 1. The number of carbonyl (C=O) groups is 2. The number of benzene rings is 2. The zero-order valence-corrected chi connectivity index (χ0v) is 14.3. The summed E-state index contributed by atoms with van der Waals surface area (Å²) < 4.78 is 0. The molecule has 3 aromatic rings. The average Bonchev–Trinajstić information content (AvgIpc) is 2.96. The molecule has 1 heterocycles. The van der Waals surface area contributed by atoms with Crippen LogP contribution in [0.4, 0.5) is 5.13 Å². The van der Waals surface area contributed by atoms with Gasteiger partial charge in [0, 0.05) is 10.4 Å². The summed E-state index contributed by atoms with van der Waals surface area (Å²) in [6.45, 7) is 1.95. The lowest BCUT2D eigenvalue weighted by Crippen LogP contribution is -2.16. The highest BCUT2D eigenvalue weighted by molar-refractivity contribution is 7.16. The van der Waals surface area contributed by atoms with Crippen molar-refractivity contribution in [1.29, 1.82) is 0 Å². The molecule has 0 radical (unpaired) electrons. The summed E-state index contributed by atoms with van der Waals surface area (Å²) in [5.74, 6) is -1.33. The number of carbonyl (C=O) groups excluding carboxylic acids is 1. The quantitative estimate of drug-likeness (QED) is 0.727. The molecule has 0 aliphatic carbocycles. The smallest absolute Gasteiger partial charge is 0.335 e. The molecule has 0 fully saturated rings. The normalized spacial score (nSPS) is 10.4. The van der Waals surface area contributed by atoms with E-state index < -0.39 is 5.97 Å². The standard InChI is InChI=1S/C19H16N2O3S/c1-12-17(13-7-3-2-4-8-13)21-19(25-12)20-16(22)11-14-9-5-6-10-15(14)18(23)24/h2-10H,11H2,1H3,(H,23,24)(H,20,21,22). The van der Waals surface area contributed by atoms with Crippen molar-refractivity contribution in [3.8, 4) is 11.3 Å². The molecule has 0 spiro atoms. The maximum absolute atomic E-state index is 12.3. The number of carboxylic acid groups (broad SMARTS) is 1. The van der Waals surface area contributed by atoms with Gasteiger partial charge >= 0.3 is 5.97 Å². The van der Waals surface area contributed by atoms with Gasteiger partial charge < -0.3 is 10.4 Å². The van der Waals surface area contributed by atoms with Crippen molar-refractivity contribution in [3.05, 3.63) is 70.6 Å². The number of hydrogen-bond acceptors (Lipinski definition) is 4. The molecule has 0 bridgehead atoms. The zero-order chi connectivity index (χ0) is 17.8. The van der Waals surface area contributed by atoms with E-state index in [2.05, 4.69) is 10.3 Å². The molecule has 0 saturated heterocycles. The third-order valence-electron chi connectivity index (χ3n) is 3.69. The fourth-order valence-corrected chi connectivity index (χ4v) is 3.39. The third-order valence-corrected chi connectivity index (χ3v) is 4.58. The molecule has 5 nitrogen and oxygen atoms in total. The first kappa shape index (κ1) is 16.9. The van der Waals surface area contributed by atoms with Crippen molar-refractivity contribution < 1.29 is 14.7 Å². The van der Waals surface area contributed by atoms with Crippen LogP contribution in [0.1, 0.15) is 20.8 Å². The molecule has 0 aliphatic heterocycles. The van der Waals surface area contributed by atoms with Gasteiger partial charge in [0.25, 0.3) is 0 Å². The molecule has 2 N–H and O–H groups in total. The van der Waals surface area contributed by atoms with E-state index in [4.69, 9.17) is 0 Å². The molecule has 0 atom stereocenters. The predicted molar refractivity (Wildman–Crippen MR) is 98.0 cm³/mol. The van der Waals surface area contributed by atoms with Crippen LogP contribution in [0.5, 0.6) is 0 Å². The third kappa shape index (κ3) is 3.92. The van der Waals surface area contributed by atoms with Crippen LogP contribution in [0, 0.1) is 6.92 Å². The van der Waals surface area contributed by atoms with Crippen molar-refractivity contribution in [2.24, 2.45) is 0 Å². The molecule has 2 aromatic carbocycles. The first-order chi connectivity index (χ1) is 12.0. The van der Waals surface area contributed by atoms with Gasteiger partial charge in [-0.25, -0.2) is 9.78 Å². The lowest BCUT2D eigenvalue weighted by molar-refractivity contribution is -0.115. The summed E-state index contributed by atoms with van der Waals surface area (Å²) >= 11 is 1.40.